The lowest BCUT2D eigenvalue weighted by atomic mass is 9.93. The van der Waals surface area contributed by atoms with Crippen LogP contribution in [0, 0.1) is 17.2 Å². The molecular weight excluding hydrogens is 210 g/mol. The molecule has 0 aromatic rings. The second-order valence-corrected chi connectivity index (χ2v) is 5.56. The summed E-state index contributed by atoms with van der Waals surface area (Å²) < 4.78 is 0. The van der Waals surface area contributed by atoms with E-state index in [1.165, 1.54) is 38.6 Å². The maximum absolute atomic E-state index is 9.60. The van der Waals surface area contributed by atoms with Gasteiger partial charge in [0.15, 0.2) is 0 Å². The Labute approximate surface area is 105 Å². The summed E-state index contributed by atoms with van der Waals surface area (Å²) >= 11 is 0. The summed E-state index contributed by atoms with van der Waals surface area (Å²) in [5, 5.41) is 13.1. The van der Waals surface area contributed by atoms with E-state index in [0.717, 1.165) is 13.1 Å². The van der Waals surface area contributed by atoms with Crippen molar-refractivity contribution in [1.29, 1.82) is 5.26 Å². The van der Waals surface area contributed by atoms with Crippen LogP contribution in [0.15, 0.2) is 0 Å². The predicted molar refractivity (Wildman–Crippen MR) is 69.6 cm³/mol. The molecule has 1 aliphatic carbocycles. The second kappa shape index (κ2) is 5.37. The van der Waals surface area contributed by atoms with Crippen molar-refractivity contribution in [2.24, 2.45) is 5.92 Å². The lowest BCUT2D eigenvalue weighted by Crippen LogP contribution is -2.55. The van der Waals surface area contributed by atoms with Crippen molar-refractivity contribution in [2.45, 2.75) is 57.5 Å². The lowest BCUT2D eigenvalue weighted by molar-refractivity contribution is 0.181. The summed E-state index contributed by atoms with van der Waals surface area (Å²) in [6.07, 6.45) is 6.29. The van der Waals surface area contributed by atoms with Crippen molar-refractivity contribution in [2.75, 3.05) is 19.6 Å². The summed E-state index contributed by atoms with van der Waals surface area (Å²) in [5.74, 6) is 0.588. The van der Waals surface area contributed by atoms with Crippen molar-refractivity contribution in [1.82, 2.24) is 10.2 Å². The SMILES string of the molecule is CCNC(C#N)(CN1CCCC1CC)C1CC1. The molecule has 0 radical (unpaired) electrons. The van der Waals surface area contributed by atoms with Crippen molar-refractivity contribution >= 4 is 0 Å². The molecule has 1 aliphatic heterocycles. The zero-order valence-corrected chi connectivity index (χ0v) is 11.2. The fourth-order valence-electron chi connectivity index (χ4n) is 3.27. The molecule has 2 rings (SSSR count). The van der Waals surface area contributed by atoms with Crippen LogP contribution in [-0.2, 0) is 0 Å². The highest BCUT2D eigenvalue weighted by atomic mass is 15.2. The van der Waals surface area contributed by atoms with E-state index in [1.54, 1.807) is 0 Å². The third-order valence-electron chi connectivity index (χ3n) is 4.39. The molecule has 3 heteroatoms. The highest BCUT2D eigenvalue weighted by molar-refractivity contribution is 5.17. The minimum atomic E-state index is -0.271. The maximum atomic E-state index is 9.60. The third kappa shape index (κ3) is 2.64. The zero-order valence-electron chi connectivity index (χ0n) is 11.2. The zero-order chi connectivity index (χ0) is 12.3. The summed E-state index contributed by atoms with van der Waals surface area (Å²) in [6.45, 7) is 7.38. The molecule has 1 saturated carbocycles. The molecule has 0 amide bonds. The Bertz CT molecular complexity index is 292. The van der Waals surface area contributed by atoms with Gasteiger partial charge in [-0.2, -0.15) is 5.26 Å². The Hall–Kier alpha value is -0.590. The first-order valence-electron chi connectivity index (χ1n) is 7.16. The molecule has 17 heavy (non-hydrogen) atoms. The van der Waals surface area contributed by atoms with E-state index in [-0.39, 0.29) is 5.54 Å². The Morgan fingerprint density at radius 2 is 2.12 bits per heavy atom. The molecule has 2 aliphatic rings. The highest BCUT2D eigenvalue weighted by Crippen LogP contribution is 2.40. The number of likely N-dealkylation sites (tertiary alicyclic amines) is 1. The minimum Gasteiger partial charge on any atom is -0.298 e. The normalized spacial score (nSPS) is 28.9. The van der Waals surface area contributed by atoms with Gasteiger partial charge in [0.1, 0.15) is 5.54 Å². The van der Waals surface area contributed by atoms with E-state index in [0.29, 0.717) is 12.0 Å². The van der Waals surface area contributed by atoms with Gasteiger partial charge in [-0.3, -0.25) is 10.2 Å². The van der Waals surface area contributed by atoms with E-state index in [4.69, 9.17) is 0 Å². The van der Waals surface area contributed by atoms with Crippen LogP contribution in [0.5, 0.6) is 0 Å². The molecule has 2 atom stereocenters. The van der Waals surface area contributed by atoms with Gasteiger partial charge >= 0.3 is 0 Å². The number of nitrogens with zero attached hydrogens (tertiary/aromatic N) is 2. The van der Waals surface area contributed by atoms with E-state index < -0.39 is 0 Å². The smallest absolute Gasteiger partial charge is 0.122 e. The van der Waals surface area contributed by atoms with E-state index in [1.807, 2.05) is 0 Å². The lowest BCUT2D eigenvalue weighted by Gasteiger charge is -2.35. The molecule has 0 aromatic carbocycles. The Morgan fingerprint density at radius 3 is 2.65 bits per heavy atom. The van der Waals surface area contributed by atoms with Crippen LogP contribution in [0.3, 0.4) is 0 Å². The van der Waals surface area contributed by atoms with Crippen LogP contribution >= 0.6 is 0 Å². The molecule has 96 valence electrons. The first kappa shape index (κ1) is 12.9. The molecule has 2 fully saturated rings. The molecule has 0 bridgehead atoms. The van der Waals surface area contributed by atoms with Crippen molar-refractivity contribution in [3.63, 3.8) is 0 Å². The maximum Gasteiger partial charge on any atom is 0.122 e. The molecule has 0 aromatic heterocycles. The average molecular weight is 235 g/mol. The van der Waals surface area contributed by atoms with Gasteiger partial charge in [0, 0.05) is 12.6 Å². The number of nitriles is 1. The van der Waals surface area contributed by atoms with Crippen LogP contribution in [0.4, 0.5) is 0 Å². The van der Waals surface area contributed by atoms with Crippen LogP contribution < -0.4 is 5.32 Å². The Morgan fingerprint density at radius 1 is 1.35 bits per heavy atom. The Kier molecular flexibility index (Phi) is 4.06. The van der Waals surface area contributed by atoms with Crippen LogP contribution in [0.2, 0.25) is 0 Å². The van der Waals surface area contributed by atoms with Gasteiger partial charge in [-0.15, -0.1) is 0 Å². The first-order valence-corrected chi connectivity index (χ1v) is 7.16. The topological polar surface area (TPSA) is 39.1 Å². The molecule has 2 unspecified atom stereocenters. The molecule has 0 spiro atoms. The quantitative estimate of drug-likeness (QED) is 0.766. The van der Waals surface area contributed by atoms with Gasteiger partial charge in [-0.05, 0) is 51.1 Å². The van der Waals surface area contributed by atoms with Gasteiger partial charge in [0.2, 0.25) is 0 Å². The number of nitrogens with one attached hydrogen (secondary N) is 1. The monoisotopic (exact) mass is 235 g/mol. The summed E-state index contributed by atoms with van der Waals surface area (Å²) in [6, 6.07) is 3.31. The van der Waals surface area contributed by atoms with Crippen LogP contribution in [0.25, 0.3) is 0 Å². The van der Waals surface area contributed by atoms with E-state index in [2.05, 4.69) is 30.1 Å². The molecule has 1 saturated heterocycles. The second-order valence-electron chi connectivity index (χ2n) is 5.56. The molecule has 1 N–H and O–H groups in total. The number of hydrogen-bond acceptors (Lipinski definition) is 3. The van der Waals surface area contributed by atoms with Gasteiger partial charge in [-0.1, -0.05) is 13.8 Å². The van der Waals surface area contributed by atoms with Crippen molar-refractivity contribution in [3.8, 4) is 6.07 Å². The van der Waals surface area contributed by atoms with Crippen molar-refractivity contribution in [3.05, 3.63) is 0 Å². The van der Waals surface area contributed by atoms with Gasteiger partial charge in [0.25, 0.3) is 0 Å². The summed E-state index contributed by atoms with van der Waals surface area (Å²) in [5.41, 5.74) is -0.271. The standard InChI is InChI=1S/C14H25N3/c1-3-13-6-5-9-17(13)11-14(10-15,16-4-2)12-7-8-12/h12-13,16H,3-9,11H2,1-2H3. The Balaban J connectivity index is 2.04. The molecular formula is C14H25N3. The van der Waals surface area contributed by atoms with E-state index >= 15 is 0 Å². The summed E-state index contributed by atoms with van der Waals surface area (Å²) in [7, 11) is 0. The highest BCUT2D eigenvalue weighted by Gasteiger charge is 2.47. The predicted octanol–water partition coefficient (Wildman–Crippen LogP) is 2.14. The van der Waals surface area contributed by atoms with Crippen molar-refractivity contribution < 1.29 is 0 Å². The largest absolute Gasteiger partial charge is 0.298 e. The fourth-order valence-corrected chi connectivity index (χ4v) is 3.27. The van der Waals surface area contributed by atoms with Crippen LogP contribution in [-0.4, -0.2) is 36.1 Å². The van der Waals surface area contributed by atoms with Crippen LogP contribution in [0.1, 0.15) is 46.0 Å². The molecule has 3 nitrogen and oxygen atoms in total. The number of rotatable bonds is 6. The van der Waals surface area contributed by atoms with Gasteiger partial charge in [0.05, 0.1) is 6.07 Å². The fraction of sp³-hybridized carbons (Fsp3) is 0.929. The minimum absolute atomic E-state index is 0.271. The van der Waals surface area contributed by atoms with E-state index in [9.17, 15) is 5.26 Å². The molecule has 1 heterocycles. The first-order chi connectivity index (χ1) is 8.25. The van der Waals surface area contributed by atoms with Gasteiger partial charge < -0.3 is 0 Å². The number of likely N-dealkylation sites (N-methyl/N-ethyl adjacent to an activating group) is 1. The van der Waals surface area contributed by atoms with Gasteiger partial charge in [-0.25, -0.2) is 0 Å². The third-order valence-corrected chi connectivity index (χ3v) is 4.39. The number of hydrogen-bond donors (Lipinski definition) is 1. The average Bonchev–Trinajstić information content (AvgIpc) is 3.10. The summed E-state index contributed by atoms with van der Waals surface area (Å²) in [4.78, 5) is 2.55.